The Labute approximate surface area is 185 Å². The van der Waals surface area contributed by atoms with E-state index in [0.717, 1.165) is 0 Å². The van der Waals surface area contributed by atoms with Gasteiger partial charge in [0.1, 0.15) is 5.75 Å². The van der Waals surface area contributed by atoms with Crippen molar-refractivity contribution < 1.29 is 17.9 Å². The quantitative estimate of drug-likeness (QED) is 0.448. The summed E-state index contributed by atoms with van der Waals surface area (Å²) < 4.78 is 33.8. The minimum Gasteiger partial charge on any atom is -0.491 e. The number of anilines is 1. The van der Waals surface area contributed by atoms with Gasteiger partial charge in [-0.05, 0) is 68.4 Å². The molecule has 3 aromatic rings. The Kier molecular flexibility index (Phi) is 6.71. The molecule has 0 fully saturated rings. The standard InChI is InChI=1S/C22H19Cl2NO4S/c1-14(2)29-16-8-10-17(11-9-16)30(27,28)25-21-12-7-15(23)13-19(21)22(26)18-5-3-4-6-20(18)24/h3-14,25H,1-2H3. The van der Waals surface area contributed by atoms with Crippen LogP contribution >= 0.6 is 23.2 Å². The highest BCUT2D eigenvalue weighted by molar-refractivity contribution is 7.92. The Balaban J connectivity index is 1.95. The van der Waals surface area contributed by atoms with E-state index in [2.05, 4.69) is 4.72 Å². The zero-order valence-corrected chi connectivity index (χ0v) is 18.6. The maximum atomic E-state index is 13.0. The average Bonchev–Trinajstić information content (AvgIpc) is 2.69. The number of halogens is 2. The molecule has 3 aromatic carbocycles. The monoisotopic (exact) mass is 463 g/mol. The number of hydrogen-bond donors (Lipinski definition) is 1. The third kappa shape index (κ3) is 5.14. The van der Waals surface area contributed by atoms with Crippen LogP contribution in [0, 0.1) is 0 Å². The molecule has 0 heterocycles. The molecule has 0 aromatic heterocycles. The highest BCUT2D eigenvalue weighted by Gasteiger charge is 2.21. The minimum atomic E-state index is -3.95. The Hall–Kier alpha value is -2.54. The summed E-state index contributed by atoms with van der Waals surface area (Å²) in [6.07, 6.45) is -0.0296. The molecular weight excluding hydrogens is 445 g/mol. The number of nitrogens with one attached hydrogen (secondary N) is 1. The van der Waals surface area contributed by atoms with Crippen LogP contribution in [0.5, 0.6) is 5.75 Å². The third-order valence-electron chi connectivity index (χ3n) is 4.09. The Morgan fingerprint density at radius 1 is 0.933 bits per heavy atom. The summed E-state index contributed by atoms with van der Waals surface area (Å²) >= 11 is 12.2. The molecule has 156 valence electrons. The fourth-order valence-corrected chi connectivity index (χ4v) is 4.23. The molecule has 8 heteroatoms. The van der Waals surface area contributed by atoms with Crippen LogP contribution in [0.3, 0.4) is 0 Å². The predicted molar refractivity (Wildman–Crippen MR) is 119 cm³/mol. The van der Waals surface area contributed by atoms with Crippen LogP contribution in [0.4, 0.5) is 5.69 Å². The second-order valence-corrected chi connectivity index (χ2v) is 9.27. The largest absolute Gasteiger partial charge is 0.491 e. The van der Waals surface area contributed by atoms with Crippen LogP contribution in [0.15, 0.2) is 71.6 Å². The van der Waals surface area contributed by atoms with Gasteiger partial charge in [-0.2, -0.15) is 0 Å². The third-order valence-corrected chi connectivity index (χ3v) is 6.04. The number of carbonyl (C=O) groups is 1. The van der Waals surface area contributed by atoms with E-state index in [1.165, 1.54) is 30.3 Å². The van der Waals surface area contributed by atoms with Gasteiger partial charge in [0, 0.05) is 16.1 Å². The van der Waals surface area contributed by atoms with Gasteiger partial charge in [0.2, 0.25) is 0 Å². The van der Waals surface area contributed by atoms with Gasteiger partial charge in [0.05, 0.1) is 21.7 Å². The van der Waals surface area contributed by atoms with Gasteiger partial charge in [-0.3, -0.25) is 9.52 Å². The number of hydrogen-bond acceptors (Lipinski definition) is 4. The highest BCUT2D eigenvalue weighted by atomic mass is 35.5. The number of rotatable bonds is 7. The Morgan fingerprint density at radius 2 is 1.60 bits per heavy atom. The molecular formula is C22H19Cl2NO4S. The second kappa shape index (κ2) is 9.08. The SMILES string of the molecule is CC(C)Oc1ccc(S(=O)(=O)Nc2ccc(Cl)cc2C(=O)c2ccccc2Cl)cc1. The van der Waals surface area contributed by atoms with Gasteiger partial charge in [0.15, 0.2) is 5.78 Å². The van der Waals surface area contributed by atoms with Crippen molar-refractivity contribution in [2.45, 2.75) is 24.8 Å². The van der Waals surface area contributed by atoms with Gasteiger partial charge < -0.3 is 4.74 Å². The van der Waals surface area contributed by atoms with Gasteiger partial charge >= 0.3 is 0 Å². The van der Waals surface area contributed by atoms with Crippen molar-refractivity contribution in [3.05, 3.63) is 87.9 Å². The van der Waals surface area contributed by atoms with E-state index in [4.69, 9.17) is 27.9 Å². The summed E-state index contributed by atoms with van der Waals surface area (Å²) in [5, 5.41) is 0.556. The van der Waals surface area contributed by atoms with Crippen LogP contribution < -0.4 is 9.46 Å². The van der Waals surface area contributed by atoms with E-state index in [1.807, 2.05) is 13.8 Å². The lowest BCUT2D eigenvalue weighted by atomic mass is 10.0. The number of ketones is 1. The zero-order chi connectivity index (χ0) is 21.9. The van der Waals surface area contributed by atoms with Crippen LogP contribution in [-0.2, 0) is 10.0 Å². The zero-order valence-electron chi connectivity index (χ0n) is 16.2. The molecule has 0 aliphatic rings. The molecule has 0 atom stereocenters. The van der Waals surface area contributed by atoms with E-state index >= 15 is 0 Å². The van der Waals surface area contributed by atoms with Crippen molar-refractivity contribution in [1.82, 2.24) is 0 Å². The summed E-state index contributed by atoms with van der Waals surface area (Å²) in [6.45, 7) is 3.76. The highest BCUT2D eigenvalue weighted by Crippen LogP contribution is 2.28. The van der Waals surface area contributed by atoms with Crippen molar-refractivity contribution in [1.29, 1.82) is 0 Å². The van der Waals surface area contributed by atoms with Crippen LogP contribution in [0.1, 0.15) is 29.8 Å². The Bertz CT molecular complexity index is 1180. The first-order chi connectivity index (χ1) is 14.2. The predicted octanol–water partition coefficient (Wildman–Crippen LogP) is 5.81. The maximum absolute atomic E-state index is 13.0. The van der Waals surface area contributed by atoms with Gasteiger partial charge in [-0.25, -0.2) is 8.42 Å². The first kappa shape index (κ1) is 22.2. The molecule has 0 amide bonds. The smallest absolute Gasteiger partial charge is 0.261 e. The lowest BCUT2D eigenvalue weighted by Gasteiger charge is -2.14. The molecule has 0 unspecified atom stereocenters. The molecule has 0 radical (unpaired) electrons. The molecule has 0 saturated heterocycles. The maximum Gasteiger partial charge on any atom is 0.261 e. The van der Waals surface area contributed by atoms with Crippen molar-refractivity contribution in [3.8, 4) is 5.75 Å². The summed E-state index contributed by atoms with van der Waals surface area (Å²) in [7, 11) is -3.95. The topological polar surface area (TPSA) is 72.5 Å². The first-order valence-corrected chi connectivity index (χ1v) is 11.3. The van der Waals surface area contributed by atoms with E-state index in [9.17, 15) is 13.2 Å². The van der Waals surface area contributed by atoms with E-state index in [-0.39, 0.29) is 32.8 Å². The summed E-state index contributed by atoms with van der Waals surface area (Å²) in [4.78, 5) is 13.0. The molecule has 0 bridgehead atoms. The lowest BCUT2D eigenvalue weighted by molar-refractivity contribution is 0.103. The molecule has 0 saturated carbocycles. The number of ether oxygens (including phenoxy) is 1. The molecule has 0 spiro atoms. The van der Waals surface area contributed by atoms with Crippen molar-refractivity contribution >= 4 is 44.7 Å². The van der Waals surface area contributed by atoms with Crippen LogP contribution in [0.2, 0.25) is 10.0 Å². The summed E-state index contributed by atoms with van der Waals surface area (Å²) in [5.41, 5.74) is 0.447. The first-order valence-electron chi connectivity index (χ1n) is 9.05. The van der Waals surface area contributed by atoms with Crippen molar-refractivity contribution in [3.63, 3.8) is 0 Å². The summed E-state index contributed by atoms with van der Waals surface area (Å²) in [6, 6.07) is 16.9. The summed E-state index contributed by atoms with van der Waals surface area (Å²) in [5.74, 6) is 0.117. The Morgan fingerprint density at radius 3 is 2.23 bits per heavy atom. The molecule has 3 rings (SSSR count). The van der Waals surface area contributed by atoms with Crippen LogP contribution in [0.25, 0.3) is 0 Å². The van der Waals surface area contributed by atoms with E-state index in [1.54, 1.807) is 36.4 Å². The average molecular weight is 464 g/mol. The number of sulfonamides is 1. The molecule has 5 nitrogen and oxygen atoms in total. The fourth-order valence-electron chi connectivity index (χ4n) is 2.76. The minimum absolute atomic E-state index is 0.0296. The number of carbonyl (C=O) groups excluding carboxylic acids is 1. The normalized spacial score (nSPS) is 11.4. The lowest BCUT2D eigenvalue weighted by Crippen LogP contribution is -2.16. The van der Waals surface area contributed by atoms with Crippen LogP contribution in [-0.4, -0.2) is 20.3 Å². The van der Waals surface area contributed by atoms with Crippen molar-refractivity contribution in [2.24, 2.45) is 0 Å². The van der Waals surface area contributed by atoms with E-state index in [0.29, 0.717) is 10.8 Å². The molecule has 1 N–H and O–H groups in total. The van der Waals surface area contributed by atoms with Gasteiger partial charge in [-0.1, -0.05) is 35.3 Å². The van der Waals surface area contributed by atoms with E-state index < -0.39 is 15.8 Å². The van der Waals surface area contributed by atoms with Gasteiger partial charge in [0.25, 0.3) is 10.0 Å². The fraction of sp³-hybridized carbons (Fsp3) is 0.136. The van der Waals surface area contributed by atoms with Gasteiger partial charge in [-0.15, -0.1) is 0 Å². The van der Waals surface area contributed by atoms with Crippen molar-refractivity contribution in [2.75, 3.05) is 4.72 Å². The number of benzene rings is 3. The second-order valence-electron chi connectivity index (χ2n) is 6.74. The molecule has 30 heavy (non-hydrogen) atoms. The molecule has 0 aliphatic carbocycles. The molecule has 0 aliphatic heterocycles.